The van der Waals surface area contributed by atoms with E-state index >= 15 is 0 Å². The van der Waals surface area contributed by atoms with Gasteiger partial charge in [0.25, 0.3) is 0 Å². The topological polar surface area (TPSA) is 34.1 Å². The standard InChI is InChI=1S/C13H17BrO2S/c1-9-4-3-5-11(9)10-6-7-13(12(14)8-10)17(2,15)16/h6-9,11H,3-5H2,1-2H3. The van der Waals surface area contributed by atoms with E-state index in [4.69, 9.17) is 0 Å². The molecule has 0 aromatic heterocycles. The first-order chi connectivity index (χ1) is 7.89. The normalized spacial score (nSPS) is 25.1. The van der Waals surface area contributed by atoms with E-state index in [0.29, 0.717) is 21.2 Å². The number of benzene rings is 1. The van der Waals surface area contributed by atoms with Crippen LogP contribution >= 0.6 is 15.9 Å². The highest BCUT2D eigenvalue weighted by atomic mass is 79.9. The molecule has 1 aromatic carbocycles. The minimum atomic E-state index is -3.13. The molecule has 94 valence electrons. The molecule has 2 rings (SSSR count). The average molecular weight is 317 g/mol. The summed E-state index contributed by atoms with van der Waals surface area (Å²) >= 11 is 3.37. The van der Waals surface area contributed by atoms with Crippen LogP contribution in [0, 0.1) is 5.92 Å². The maximum absolute atomic E-state index is 11.5. The number of rotatable bonds is 2. The van der Waals surface area contributed by atoms with Crippen LogP contribution < -0.4 is 0 Å². The van der Waals surface area contributed by atoms with E-state index < -0.39 is 9.84 Å². The van der Waals surface area contributed by atoms with Crippen LogP contribution in [0.15, 0.2) is 27.6 Å². The third-order valence-electron chi connectivity index (χ3n) is 3.65. The van der Waals surface area contributed by atoms with Gasteiger partial charge >= 0.3 is 0 Å². The smallest absolute Gasteiger partial charge is 0.176 e. The molecule has 2 nitrogen and oxygen atoms in total. The van der Waals surface area contributed by atoms with Gasteiger partial charge in [0.2, 0.25) is 0 Å². The molecule has 0 radical (unpaired) electrons. The van der Waals surface area contributed by atoms with Gasteiger partial charge in [-0.1, -0.05) is 25.8 Å². The van der Waals surface area contributed by atoms with Crippen molar-refractivity contribution in [1.82, 2.24) is 0 Å². The Morgan fingerprint density at radius 1 is 1.29 bits per heavy atom. The molecule has 2 unspecified atom stereocenters. The Morgan fingerprint density at radius 3 is 2.47 bits per heavy atom. The van der Waals surface area contributed by atoms with Crippen molar-refractivity contribution in [2.24, 2.45) is 5.92 Å². The predicted octanol–water partition coefficient (Wildman–Crippen LogP) is 3.76. The first-order valence-corrected chi connectivity index (χ1v) is 8.57. The molecule has 0 heterocycles. The fourth-order valence-electron chi connectivity index (χ4n) is 2.69. The van der Waals surface area contributed by atoms with Gasteiger partial charge in [0, 0.05) is 10.7 Å². The lowest BCUT2D eigenvalue weighted by Crippen LogP contribution is -2.04. The molecule has 1 saturated carbocycles. The summed E-state index contributed by atoms with van der Waals surface area (Å²) in [6.45, 7) is 2.27. The summed E-state index contributed by atoms with van der Waals surface area (Å²) in [7, 11) is -3.13. The Bertz CT molecular complexity index is 522. The summed E-state index contributed by atoms with van der Waals surface area (Å²) in [5.74, 6) is 1.28. The minimum absolute atomic E-state index is 0.381. The number of halogens is 1. The summed E-state index contributed by atoms with van der Waals surface area (Å²) in [5, 5.41) is 0. The maximum Gasteiger partial charge on any atom is 0.176 e. The molecule has 1 aromatic rings. The van der Waals surface area contributed by atoms with E-state index in [1.165, 1.54) is 31.1 Å². The highest BCUT2D eigenvalue weighted by Gasteiger charge is 2.25. The fraction of sp³-hybridized carbons (Fsp3) is 0.538. The van der Waals surface area contributed by atoms with Crippen molar-refractivity contribution in [3.05, 3.63) is 28.2 Å². The lowest BCUT2D eigenvalue weighted by atomic mass is 9.90. The van der Waals surface area contributed by atoms with Crippen molar-refractivity contribution in [2.75, 3.05) is 6.26 Å². The van der Waals surface area contributed by atoms with Crippen molar-refractivity contribution in [3.63, 3.8) is 0 Å². The van der Waals surface area contributed by atoms with Gasteiger partial charge < -0.3 is 0 Å². The summed E-state index contributed by atoms with van der Waals surface area (Å²) in [4.78, 5) is 0.381. The number of hydrogen-bond acceptors (Lipinski definition) is 2. The molecule has 0 amide bonds. The van der Waals surface area contributed by atoms with Crippen LogP contribution in [-0.4, -0.2) is 14.7 Å². The van der Waals surface area contributed by atoms with Gasteiger partial charge in [-0.15, -0.1) is 0 Å². The van der Waals surface area contributed by atoms with Crippen LogP contribution in [0.25, 0.3) is 0 Å². The molecule has 0 aliphatic heterocycles. The summed E-state index contributed by atoms with van der Waals surface area (Å²) in [5.41, 5.74) is 1.26. The number of sulfone groups is 1. The van der Waals surface area contributed by atoms with Crippen LogP contribution in [0.2, 0.25) is 0 Å². The van der Waals surface area contributed by atoms with E-state index in [-0.39, 0.29) is 0 Å². The third kappa shape index (κ3) is 2.74. The van der Waals surface area contributed by atoms with Gasteiger partial charge in [-0.2, -0.15) is 0 Å². The van der Waals surface area contributed by atoms with E-state index in [1.54, 1.807) is 6.07 Å². The molecule has 1 aliphatic carbocycles. The first kappa shape index (κ1) is 13.1. The van der Waals surface area contributed by atoms with Crippen molar-refractivity contribution >= 4 is 25.8 Å². The zero-order chi connectivity index (χ0) is 12.6. The van der Waals surface area contributed by atoms with E-state index in [0.717, 1.165) is 0 Å². The van der Waals surface area contributed by atoms with E-state index in [2.05, 4.69) is 22.9 Å². The van der Waals surface area contributed by atoms with Gasteiger partial charge in [0.15, 0.2) is 9.84 Å². The Morgan fingerprint density at radius 2 is 2.00 bits per heavy atom. The maximum atomic E-state index is 11.5. The predicted molar refractivity (Wildman–Crippen MR) is 73.0 cm³/mol. The van der Waals surface area contributed by atoms with Gasteiger partial charge in [-0.05, 0) is 51.9 Å². The SMILES string of the molecule is CC1CCCC1c1ccc(S(C)(=O)=O)c(Br)c1. The van der Waals surface area contributed by atoms with Gasteiger partial charge in [0.05, 0.1) is 4.90 Å². The quantitative estimate of drug-likeness (QED) is 0.832. The van der Waals surface area contributed by atoms with Crippen LogP contribution in [0.4, 0.5) is 0 Å². The second kappa shape index (κ2) is 4.73. The van der Waals surface area contributed by atoms with E-state index in [9.17, 15) is 8.42 Å². The third-order valence-corrected chi connectivity index (χ3v) is 5.72. The average Bonchev–Trinajstić information content (AvgIpc) is 2.62. The van der Waals surface area contributed by atoms with Crippen molar-refractivity contribution in [3.8, 4) is 0 Å². The van der Waals surface area contributed by atoms with Crippen LogP contribution in [-0.2, 0) is 9.84 Å². The molecule has 1 fully saturated rings. The molecule has 0 saturated heterocycles. The largest absolute Gasteiger partial charge is 0.224 e. The second-order valence-electron chi connectivity index (χ2n) is 4.98. The van der Waals surface area contributed by atoms with Gasteiger partial charge in [-0.25, -0.2) is 8.42 Å². The molecule has 17 heavy (non-hydrogen) atoms. The van der Waals surface area contributed by atoms with Crippen molar-refractivity contribution in [1.29, 1.82) is 0 Å². The molecule has 1 aliphatic rings. The van der Waals surface area contributed by atoms with Crippen LogP contribution in [0.1, 0.15) is 37.7 Å². The fourth-order valence-corrected chi connectivity index (χ4v) is 4.70. The second-order valence-corrected chi connectivity index (χ2v) is 7.82. The first-order valence-electron chi connectivity index (χ1n) is 5.89. The lowest BCUT2D eigenvalue weighted by molar-refractivity contribution is 0.532. The summed E-state index contributed by atoms with van der Waals surface area (Å²) in [6, 6.07) is 5.66. The molecular weight excluding hydrogens is 300 g/mol. The summed E-state index contributed by atoms with van der Waals surface area (Å²) < 4.78 is 23.7. The van der Waals surface area contributed by atoms with Gasteiger partial charge in [0.1, 0.15) is 0 Å². The lowest BCUT2D eigenvalue weighted by Gasteiger charge is -2.16. The van der Waals surface area contributed by atoms with Crippen molar-refractivity contribution in [2.45, 2.75) is 37.0 Å². The van der Waals surface area contributed by atoms with Crippen LogP contribution in [0.5, 0.6) is 0 Å². The monoisotopic (exact) mass is 316 g/mol. The zero-order valence-corrected chi connectivity index (χ0v) is 12.5. The van der Waals surface area contributed by atoms with Crippen molar-refractivity contribution < 1.29 is 8.42 Å². The zero-order valence-electron chi connectivity index (χ0n) is 10.1. The van der Waals surface area contributed by atoms with E-state index in [1.807, 2.05) is 12.1 Å². The molecule has 2 atom stereocenters. The Hall–Kier alpha value is -0.350. The van der Waals surface area contributed by atoms with Gasteiger partial charge in [-0.3, -0.25) is 0 Å². The molecule has 0 N–H and O–H groups in total. The van der Waals surface area contributed by atoms with Crippen LogP contribution in [0.3, 0.4) is 0 Å². The number of hydrogen-bond donors (Lipinski definition) is 0. The molecular formula is C13H17BrO2S. The molecule has 0 spiro atoms. The highest BCUT2D eigenvalue weighted by molar-refractivity contribution is 9.10. The molecule has 4 heteroatoms. The summed E-state index contributed by atoms with van der Waals surface area (Å²) in [6.07, 6.45) is 5.00. The Balaban J connectivity index is 2.37. The molecule has 0 bridgehead atoms. The minimum Gasteiger partial charge on any atom is -0.224 e. The highest BCUT2D eigenvalue weighted by Crippen LogP contribution is 2.40. The Kier molecular flexibility index (Phi) is 3.64. The Labute approximate surface area is 111 Å².